The van der Waals surface area contributed by atoms with Crippen LogP contribution in [0.4, 0.5) is 0 Å². The molecule has 1 fully saturated rings. The average molecular weight is 353 g/mol. The predicted octanol–water partition coefficient (Wildman–Crippen LogP) is 1.89. The van der Waals surface area contributed by atoms with E-state index in [0.717, 1.165) is 69.1 Å². The number of benzene rings is 1. The van der Waals surface area contributed by atoms with Crippen molar-refractivity contribution in [3.05, 3.63) is 46.5 Å². The van der Waals surface area contributed by atoms with Crippen LogP contribution in [0.2, 0.25) is 0 Å². The normalized spacial score (nSPS) is 20.1. The van der Waals surface area contributed by atoms with Crippen molar-refractivity contribution in [1.82, 2.24) is 25.0 Å². The van der Waals surface area contributed by atoms with E-state index in [1.165, 1.54) is 11.1 Å². The second-order valence-corrected chi connectivity index (χ2v) is 7.42. The number of aryl methyl sites for hydroxylation is 2. The molecule has 1 saturated heterocycles. The lowest BCUT2D eigenvalue weighted by Gasteiger charge is -2.25. The summed E-state index contributed by atoms with van der Waals surface area (Å²) in [6, 6.07) is 6.46. The number of aromatic nitrogens is 3. The lowest BCUT2D eigenvalue weighted by Crippen LogP contribution is -2.38. The molecule has 6 heteroatoms. The molecule has 1 amide bonds. The molecule has 2 aromatic rings. The highest BCUT2D eigenvalue weighted by Crippen LogP contribution is 2.23. The molecule has 0 aliphatic carbocycles. The fourth-order valence-corrected chi connectivity index (χ4v) is 4.20. The van der Waals surface area contributed by atoms with Crippen LogP contribution in [-0.2, 0) is 19.4 Å². The molecule has 3 heterocycles. The Morgan fingerprint density at radius 1 is 1.23 bits per heavy atom. The first-order chi connectivity index (χ1) is 12.6. The Kier molecular flexibility index (Phi) is 4.76. The molecule has 4 rings (SSSR count). The topological polar surface area (TPSA) is 63.1 Å². The number of hydrogen-bond donors (Lipinski definition) is 1. The summed E-state index contributed by atoms with van der Waals surface area (Å²) in [6.07, 6.45) is 4.12. The molecule has 0 unspecified atom stereocenters. The zero-order valence-electron chi connectivity index (χ0n) is 15.7. The van der Waals surface area contributed by atoms with Crippen molar-refractivity contribution in [2.45, 2.75) is 52.1 Å². The van der Waals surface area contributed by atoms with Gasteiger partial charge in [0.05, 0.1) is 12.6 Å². The standard InChI is InChI=1S/C20H27N5O/c1-14-22-15(2)25(23-14)13-19-4-3-11-24(19)20(26)18-6-5-16-7-9-21-10-8-17(16)12-18/h5-6,12,19,21H,3-4,7-11,13H2,1-2H3/t19-/m0/s1. The van der Waals surface area contributed by atoms with Crippen LogP contribution in [0.15, 0.2) is 18.2 Å². The number of amides is 1. The van der Waals surface area contributed by atoms with Gasteiger partial charge in [-0.25, -0.2) is 9.67 Å². The molecular formula is C20H27N5O. The van der Waals surface area contributed by atoms with E-state index in [-0.39, 0.29) is 11.9 Å². The van der Waals surface area contributed by atoms with E-state index < -0.39 is 0 Å². The fraction of sp³-hybridized carbons (Fsp3) is 0.550. The van der Waals surface area contributed by atoms with Gasteiger partial charge in [0.15, 0.2) is 0 Å². The van der Waals surface area contributed by atoms with Crippen molar-refractivity contribution >= 4 is 5.91 Å². The maximum atomic E-state index is 13.2. The lowest BCUT2D eigenvalue weighted by atomic mass is 9.99. The molecule has 0 radical (unpaired) electrons. The Balaban J connectivity index is 1.53. The summed E-state index contributed by atoms with van der Waals surface area (Å²) in [5, 5.41) is 7.90. The maximum Gasteiger partial charge on any atom is 0.254 e. The van der Waals surface area contributed by atoms with Gasteiger partial charge in [-0.05, 0) is 75.9 Å². The second kappa shape index (κ2) is 7.19. The van der Waals surface area contributed by atoms with Gasteiger partial charge >= 0.3 is 0 Å². The molecule has 2 aliphatic heterocycles. The number of nitrogens with zero attached hydrogens (tertiary/aromatic N) is 4. The van der Waals surface area contributed by atoms with Crippen molar-refractivity contribution in [2.75, 3.05) is 19.6 Å². The number of fused-ring (bicyclic) bond motifs is 1. The van der Waals surface area contributed by atoms with Crippen LogP contribution in [0.3, 0.4) is 0 Å². The van der Waals surface area contributed by atoms with Gasteiger partial charge in [-0.1, -0.05) is 6.07 Å². The van der Waals surface area contributed by atoms with E-state index in [9.17, 15) is 4.79 Å². The molecule has 1 aromatic carbocycles. The van der Waals surface area contributed by atoms with Gasteiger partial charge in [0.2, 0.25) is 0 Å². The number of likely N-dealkylation sites (tertiary alicyclic amines) is 1. The Morgan fingerprint density at radius 3 is 2.81 bits per heavy atom. The first-order valence-corrected chi connectivity index (χ1v) is 9.63. The third kappa shape index (κ3) is 3.38. The zero-order valence-corrected chi connectivity index (χ0v) is 15.7. The van der Waals surface area contributed by atoms with E-state index >= 15 is 0 Å². The second-order valence-electron chi connectivity index (χ2n) is 7.42. The number of hydrogen-bond acceptors (Lipinski definition) is 4. The van der Waals surface area contributed by atoms with Gasteiger partial charge < -0.3 is 10.2 Å². The number of carbonyl (C=O) groups is 1. The minimum absolute atomic E-state index is 0.155. The van der Waals surface area contributed by atoms with Gasteiger partial charge in [0, 0.05) is 12.1 Å². The highest BCUT2D eigenvalue weighted by Gasteiger charge is 2.30. The molecule has 1 aromatic heterocycles. The van der Waals surface area contributed by atoms with Gasteiger partial charge in [-0.2, -0.15) is 5.10 Å². The Labute approximate surface area is 154 Å². The SMILES string of the molecule is Cc1nc(C)n(C[C@@H]2CCCN2C(=O)c2ccc3c(c2)CCNCC3)n1. The summed E-state index contributed by atoms with van der Waals surface area (Å²) in [5.41, 5.74) is 3.52. The van der Waals surface area contributed by atoms with Crippen LogP contribution in [0.5, 0.6) is 0 Å². The van der Waals surface area contributed by atoms with Gasteiger partial charge in [0.25, 0.3) is 5.91 Å². The summed E-state index contributed by atoms with van der Waals surface area (Å²) in [4.78, 5) is 19.6. The molecule has 0 saturated carbocycles. The first kappa shape index (κ1) is 17.2. The van der Waals surface area contributed by atoms with E-state index in [4.69, 9.17) is 0 Å². The van der Waals surface area contributed by atoms with Gasteiger partial charge in [0.1, 0.15) is 11.6 Å². The predicted molar refractivity (Wildman–Crippen MR) is 100 cm³/mol. The maximum absolute atomic E-state index is 13.2. The number of nitrogens with one attached hydrogen (secondary N) is 1. The van der Waals surface area contributed by atoms with Crippen LogP contribution in [0.25, 0.3) is 0 Å². The van der Waals surface area contributed by atoms with Crippen molar-refractivity contribution < 1.29 is 4.79 Å². The molecule has 1 atom stereocenters. The van der Waals surface area contributed by atoms with Crippen molar-refractivity contribution in [3.63, 3.8) is 0 Å². The zero-order chi connectivity index (χ0) is 18.1. The molecule has 0 spiro atoms. The van der Waals surface area contributed by atoms with E-state index in [2.05, 4.69) is 27.5 Å². The smallest absolute Gasteiger partial charge is 0.254 e. The molecular weight excluding hydrogens is 326 g/mol. The monoisotopic (exact) mass is 353 g/mol. The third-order valence-electron chi connectivity index (χ3n) is 5.58. The molecule has 0 bridgehead atoms. The van der Waals surface area contributed by atoms with Crippen LogP contribution in [-0.4, -0.2) is 51.2 Å². The Hall–Kier alpha value is -2.21. The Morgan fingerprint density at radius 2 is 2.04 bits per heavy atom. The lowest BCUT2D eigenvalue weighted by molar-refractivity contribution is 0.0721. The minimum atomic E-state index is 0.155. The molecule has 26 heavy (non-hydrogen) atoms. The molecule has 1 N–H and O–H groups in total. The van der Waals surface area contributed by atoms with E-state index in [1.807, 2.05) is 29.5 Å². The highest BCUT2D eigenvalue weighted by molar-refractivity contribution is 5.95. The fourth-order valence-electron chi connectivity index (χ4n) is 4.20. The Bertz CT molecular complexity index is 813. The van der Waals surface area contributed by atoms with Gasteiger partial charge in [-0.15, -0.1) is 0 Å². The summed E-state index contributed by atoms with van der Waals surface area (Å²) in [5.74, 6) is 1.86. The van der Waals surface area contributed by atoms with Crippen LogP contribution < -0.4 is 5.32 Å². The van der Waals surface area contributed by atoms with Crippen molar-refractivity contribution in [1.29, 1.82) is 0 Å². The summed E-state index contributed by atoms with van der Waals surface area (Å²) in [6.45, 7) is 7.45. The minimum Gasteiger partial charge on any atom is -0.334 e. The van der Waals surface area contributed by atoms with Crippen LogP contribution >= 0.6 is 0 Å². The molecule has 138 valence electrons. The third-order valence-corrected chi connectivity index (χ3v) is 5.58. The summed E-state index contributed by atoms with van der Waals surface area (Å²) >= 11 is 0. The van der Waals surface area contributed by atoms with Crippen molar-refractivity contribution in [3.8, 4) is 0 Å². The van der Waals surface area contributed by atoms with E-state index in [1.54, 1.807) is 0 Å². The molecule has 6 nitrogen and oxygen atoms in total. The summed E-state index contributed by atoms with van der Waals surface area (Å²) < 4.78 is 1.94. The number of carbonyl (C=O) groups excluding carboxylic acids is 1. The quantitative estimate of drug-likeness (QED) is 0.915. The largest absolute Gasteiger partial charge is 0.334 e. The molecule has 2 aliphatic rings. The van der Waals surface area contributed by atoms with Crippen LogP contribution in [0.1, 0.15) is 46.0 Å². The summed E-state index contributed by atoms with van der Waals surface area (Å²) in [7, 11) is 0. The first-order valence-electron chi connectivity index (χ1n) is 9.63. The van der Waals surface area contributed by atoms with Crippen molar-refractivity contribution in [2.24, 2.45) is 0 Å². The van der Waals surface area contributed by atoms with Gasteiger partial charge in [-0.3, -0.25) is 4.79 Å². The number of rotatable bonds is 3. The highest BCUT2D eigenvalue weighted by atomic mass is 16.2. The average Bonchev–Trinajstić information content (AvgIpc) is 3.12. The van der Waals surface area contributed by atoms with Crippen LogP contribution in [0, 0.1) is 13.8 Å². The van der Waals surface area contributed by atoms with E-state index in [0.29, 0.717) is 0 Å².